The molecule has 5 heteroatoms. The molecule has 1 aliphatic carbocycles. The van der Waals surface area contributed by atoms with Gasteiger partial charge in [0.1, 0.15) is 5.82 Å². The largest absolute Gasteiger partial charge is 0.358 e. The van der Waals surface area contributed by atoms with E-state index in [4.69, 9.17) is 11.6 Å². The fourth-order valence-corrected chi connectivity index (χ4v) is 2.65. The number of rotatable bonds is 5. The molecule has 0 radical (unpaired) electrons. The van der Waals surface area contributed by atoms with Crippen molar-refractivity contribution in [3.63, 3.8) is 0 Å². The van der Waals surface area contributed by atoms with Crippen molar-refractivity contribution in [2.45, 2.75) is 24.1 Å². The number of hydrogen-bond donors (Lipinski definition) is 1. The van der Waals surface area contributed by atoms with Crippen LogP contribution in [0.5, 0.6) is 0 Å². The Hall–Kier alpha value is -1.13. The maximum Gasteiger partial charge on any atom is 0.202 e. The lowest BCUT2D eigenvalue weighted by Crippen LogP contribution is -2.07. The number of halogens is 1. The highest BCUT2D eigenvalue weighted by molar-refractivity contribution is 7.09. The van der Waals surface area contributed by atoms with Gasteiger partial charge in [0.15, 0.2) is 0 Å². The average molecular weight is 280 g/mol. The van der Waals surface area contributed by atoms with Crippen molar-refractivity contribution in [1.29, 1.82) is 0 Å². The molecular weight excluding hydrogens is 266 g/mol. The summed E-state index contributed by atoms with van der Waals surface area (Å²) in [6.45, 7) is 0.671. The van der Waals surface area contributed by atoms with Crippen LogP contribution in [0.2, 0.25) is 0 Å². The molecule has 0 amide bonds. The van der Waals surface area contributed by atoms with Crippen molar-refractivity contribution in [3.8, 4) is 0 Å². The van der Waals surface area contributed by atoms with Gasteiger partial charge in [0.25, 0.3) is 0 Å². The second kappa shape index (κ2) is 5.24. The maximum absolute atomic E-state index is 6.33. The Labute approximate surface area is 115 Å². The Kier molecular flexibility index (Phi) is 3.48. The van der Waals surface area contributed by atoms with Gasteiger partial charge in [0.05, 0.1) is 5.38 Å². The lowest BCUT2D eigenvalue weighted by atomic mass is 10.1. The van der Waals surface area contributed by atoms with Crippen molar-refractivity contribution in [2.24, 2.45) is 0 Å². The van der Waals surface area contributed by atoms with E-state index in [1.165, 1.54) is 24.4 Å². The topological polar surface area (TPSA) is 37.8 Å². The standard InChI is InChI=1S/C13H14ClN3S/c14-11(9-4-2-1-3-5-9)8-15-13-16-12(17-18-13)10-6-7-10/h1-5,10-11H,6-8H2,(H,15,16,17). The number of hydrogen-bond acceptors (Lipinski definition) is 4. The summed E-state index contributed by atoms with van der Waals surface area (Å²) in [5.74, 6) is 1.60. The quantitative estimate of drug-likeness (QED) is 0.846. The average Bonchev–Trinajstić information content (AvgIpc) is 3.16. The van der Waals surface area contributed by atoms with Gasteiger partial charge in [0.2, 0.25) is 5.13 Å². The molecule has 3 rings (SSSR count). The first kappa shape index (κ1) is 11.9. The zero-order valence-corrected chi connectivity index (χ0v) is 11.4. The number of nitrogens with zero attached hydrogens (tertiary/aromatic N) is 2. The lowest BCUT2D eigenvalue weighted by molar-refractivity contribution is 0.953. The molecule has 1 unspecified atom stereocenters. The van der Waals surface area contributed by atoms with Gasteiger partial charge in [0, 0.05) is 24.0 Å². The second-order valence-corrected chi connectivity index (χ2v) is 5.77. The summed E-state index contributed by atoms with van der Waals surface area (Å²) >= 11 is 7.76. The van der Waals surface area contributed by atoms with Crippen LogP contribution in [0.1, 0.15) is 35.5 Å². The first-order valence-electron chi connectivity index (χ1n) is 6.09. The van der Waals surface area contributed by atoms with Crippen LogP contribution in [0.25, 0.3) is 0 Å². The van der Waals surface area contributed by atoms with Crippen LogP contribution in [0.4, 0.5) is 5.13 Å². The van der Waals surface area contributed by atoms with Gasteiger partial charge in [-0.15, -0.1) is 11.6 Å². The van der Waals surface area contributed by atoms with Crippen LogP contribution in [0, 0.1) is 0 Å². The molecule has 0 saturated heterocycles. The lowest BCUT2D eigenvalue weighted by Gasteiger charge is -2.09. The van der Waals surface area contributed by atoms with Gasteiger partial charge in [-0.1, -0.05) is 30.3 Å². The van der Waals surface area contributed by atoms with E-state index in [0.717, 1.165) is 16.5 Å². The Balaban J connectivity index is 1.56. The van der Waals surface area contributed by atoms with Gasteiger partial charge in [-0.25, -0.2) is 4.98 Å². The van der Waals surface area contributed by atoms with E-state index in [2.05, 4.69) is 14.7 Å². The molecule has 2 aromatic rings. The third kappa shape index (κ3) is 2.82. The summed E-state index contributed by atoms with van der Waals surface area (Å²) in [5.41, 5.74) is 1.12. The molecule has 0 aliphatic heterocycles. The van der Waals surface area contributed by atoms with Gasteiger partial charge >= 0.3 is 0 Å². The van der Waals surface area contributed by atoms with E-state index < -0.39 is 0 Å². The SMILES string of the molecule is ClC(CNc1nc(C2CC2)ns1)c1ccccc1. The summed E-state index contributed by atoms with van der Waals surface area (Å²) in [6, 6.07) is 10.1. The predicted molar refractivity (Wildman–Crippen MR) is 75.4 cm³/mol. The molecule has 1 atom stereocenters. The molecule has 1 aliphatic rings. The monoisotopic (exact) mass is 279 g/mol. The molecule has 94 valence electrons. The Bertz CT molecular complexity index is 510. The highest BCUT2D eigenvalue weighted by atomic mass is 35.5. The van der Waals surface area contributed by atoms with E-state index in [1.54, 1.807) is 0 Å². The van der Waals surface area contributed by atoms with Crippen molar-refractivity contribution in [3.05, 3.63) is 41.7 Å². The van der Waals surface area contributed by atoms with Gasteiger partial charge < -0.3 is 5.32 Å². The van der Waals surface area contributed by atoms with Gasteiger partial charge in [-0.05, 0) is 18.4 Å². The fraction of sp³-hybridized carbons (Fsp3) is 0.385. The molecule has 0 bridgehead atoms. The molecular formula is C13H14ClN3S. The summed E-state index contributed by atoms with van der Waals surface area (Å²) in [5, 5.41) is 4.09. The van der Waals surface area contributed by atoms with Crippen molar-refractivity contribution < 1.29 is 0 Å². The van der Waals surface area contributed by atoms with Gasteiger partial charge in [-0.3, -0.25) is 0 Å². The van der Waals surface area contributed by atoms with Crippen LogP contribution in [-0.4, -0.2) is 15.9 Å². The zero-order valence-electron chi connectivity index (χ0n) is 9.84. The van der Waals surface area contributed by atoms with Crippen molar-refractivity contribution >= 4 is 28.3 Å². The minimum atomic E-state index is -0.0422. The highest BCUT2D eigenvalue weighted by Crippen LogP contribution is 2.39. The first-order chi connectivity index (χ1) is 8.83. The Morgan fingerprint density at radius 1 is 1.33 bits per heavy atom. The highest BCUT2D eigenvalue weighted by Gasteiger charge is 2.27. The third-order valence-electron chi connectivity index (χ3n) is 2.98. The Morgan fingerprint density at radius 3 is 2.83 bits per heavy atom. The molecule has 1 aromatic heterocycles. The summed E-state index contributed by atoms with van der Waals surface area (Å²) in [7, 11) is 0. The number of anilines is 1. The number of alkyl halides is 1. The molecule has 1 fully saturated rings. The number of nitrogens with one attached hydrogen (secondary N) is 1. The number of aromatic nitrogens is 2. The fourth-order valence-electron chi connectivity index (χ4n) is 1.77. The first-order valence-corrected chi connectivity index (χ1v) is 7.30. The smallest absolute Gasteiger partial charge is 0.202 e. The van der Waals surface area contributed by atoms with Crippen molar-refractivity contribution in [1.82, 2.24) is 9.36 Å². The van der Waals surface area contributed by atoms with Crippen molar-refractivity contribution in [2.75, 3.05) is 11.9 Å². The molecule has 1 aromatic carbocycles. The molecule has 0 spiro atoms. The van der Waals surface area contributed by atoms with E-state index in [9.17, 15) is 0 Å². The van der Waals surface area contributed by atoms with Gasteiger partial charge in [-0.2, -0.15) is 4.37 Å². The minimum absolute atomic E-state index is 0.0422. The predicted octanol–water partition coefficient (Wildman–Crippen LogP) is 3.81. The second-order valence-electron chi connectivity index (χ2n) is 4.49. The minimum Gasteiger partial charge on any atom is -0.358 e. The van der Waals surface area contributed by atoms with E-state index >= 15 is 0 Å². The van der Waals surface area contributed by atoms with E-state index in [1.807, 2.05) is 30.3 Å². The molecule has 1 N–H and O–H groups in total. The normalized spacial score (nSPS) is 16.5. The van der Waals surface area contributed by atoms with E-state index in [-0.39, 0.29) is 5.38 Å². The molecule has 3 nitrogen and oxygen atoms in total. The summed E-state index contributed by atoms with van der Waals surface area (Å²) < 4.78 is 4.35. The van der Waals surface area contributed by atoms with Crippen LogP contribution in [0.3, 0.4) is 0 Å². The zero-order chi connectivity index (χ0) is 12.4. The number of benzene rings is 1. The summed E-state index contributed by atoms with van der Waals surface area (Å²) in [4.78, 5) is 4.48. The van der Waals surface area contributed by atoms with Crippen LogP contribution >= 0.6 is 23.1 Å². The third-order valence-corrected chi connectivity index (χ3v) is 4.07. The molecule has 1 saturated carbocycles. The van der Waals surface area contributed by atoms with Crippen LogP contribution in [0.15, 0.2) is 30.3 Å². The van der Waals surface area contributed by atoms with Crippen LogP contribution < -0.4 is 5.32 Å². The molecule has 1 heterocycles. The molecule has 18 heavy (non-hydrogen) atoms. The summed E-state index contributed by atoms with van der Waals surface area (Å²) in [6.07, 6.45) is 2.47. The van der Waals surface area contributed by atoms with E-state index in [0.29, 0.717) is 12.5 Å². The Morgan fingerprint density at radius 2 is 2.11 bits per heavy atom. The maximum atomic E-state index is 6.33. The van der Waals surface area contributed by atoms with Crippen LogP contribution in [-0.2, 0) is 0 Å².